The number of alkyl halides is 3. The van der Waals surface area contributed by atoms with Crippen molar-refractivity contribution in [1.29, 1.82) is 0 Å². The lowest BCUT2D eigenvalue weighted by atomic mass is 9.79. The number of aliphatic hydroxyl groups is 1. The van der Waals surface area contributed by atoms with E-state index in [1.165, 1.54) is 0 Å². The van der Waals surface area contributed by atoms with Crippen LogP contribution in [0.25, 0.3) is 0 Å². The van der Waals surface area contributed by atoms with E-state index in [1.54, 1.807) is 0 Å². The highest BCUT2D eigenvalue weighted by atomic mass is 32.2. The van der Waals surface area contributed by atoms with Crippen LogP contribution >= 0.6 is 0 Å². The van der Waals surface area contributed by atoms with Crippen LogP contribution in [-0.4, -0.2) is 24.0 Å². The minimum absolute atomic E-state index is 0.260. The van der Waals surface area contributed by atoms with Crippen LogP contribution in [0.2, 0.25) is 0 Å². The predicted octanol–water partition coefficient (Wildman–Crippen LogP) is 3.16. The van der Waals surface area contributed by atoms with Crippen molar-refractivity contribution < 1.29 is 31.1 Å². The first-order valence-corrected chi connectivity index (χ1v) is 8.98. The van der Waals surface area contributed by atoms with Gasteiger partial charge in [-0.3, -0.25) is 0 Å². The Morgan fingerprint density at radius 3 is 2.22 bits per heavy atom. The van der Waals surface area contributed by atoms with Crippen molar-refractivity contribution in [2.24, 2.45) is 0 Å². The molecule has 2 saturated heterocycles. The van der Waals surface area contributed by atoms with Crippen LogP contribution in [0, 0.1) is 5.82 Å². The predicted molar refractivity (Wildman–Crippen MR) is 74.9 cm³/mol. The third-order valence-electron chi connectivity index (χ3n) is 4.92. The van der Waals surface area contributed by atoms with Crippen molar-refractivity contribution in [3.63, 3.8) is 0 Å². The number of benzene rings is 1. The third-order valence-corrected chi connectivity index (χ3v) is 7.58. The van der Waals surface area contributed by atoms with Gasteiger partial charge in [0.15, 0.2) is 9.84 Å². The molecule has 2 aliphatic rings. The van der Waals surface area contributed by atoms with Gasteiger partial charge in [0.2, 0.25) is 0 Å². The molecule has 128 valence electrons. The number of rotatable bonds is 1. The first kappa shape index (κ1) is 16.7. The van der Waals surface area contributed by atoms with Crippen molar-refractivity contribution in [3.8, 4) is 0 Å². The zero-order chi connectivity index (χ0) is 17.0. The summed E-state index contributed by atoms with van der Waals surface area (Å²) in [5, 5.41) is 9.13. The fourth-order valence-electron chi connectivity index (χ4n) is 3.78. The minimum Gasteiger partial charge on any atom is -0.385 e. The fourth-order valence-corrected chi connectivity index (χ4v) is 6.33. The molecular weight excluding hydrogens is 336 g/mol. The molecule has 1 N–H and O–H groups in total. The molecule has 23 heavy (non-hydrogen) atoms. The minimum atomic E-state index is -4.87. The van der Waals surface area contributed by atoms with Crippen molar-refractivity contribution in [2.75, 3.05) is 0 Å². The van der Waals surface area contributed by atoms with Gasteiger partial charge in [-0.2, -0.15) is 13.2 Å². The number of hydrogen-bond donors (Lipinski definition) is 1. The lowest BCUT2D eigenvalue weighted by Gasteiger charge is -2.44. The monoisotopic (exact) mass is 352 g/mol. The van der Waals surface area contributed by atoms with Gasteiger partial charge < -0.3 is 5.11 Å². The molecule has 2 heterocycles. The Kier molecular flexibility index (Phi) is 3.76. The molecule has 1 aromatic carbocycles. The molecule has 3 nitrogen and oxygen atoms in total. The Hall–Kier alpha value is -1.15. The first-order valence-electron chi connectivity index (χ1n) is 7.37. The van der Waals surface area contributed by atoms with Crippen molar-refractivity contribution in [3.05, 3.63) is 35.1 Å². The molecular formula is C15H16F4O3S. The van der Waals surface area contributed by atoms with E-state index in [9.17, 15) is 31.1 Å². The van der Waals surface area contributed by atoms with Crippen LogP contribution in [0.3, 0.4) is 0 Å². The Morgan fingerprint density at radius 1 is 1.13 bits per heavy atom. The van der Waals surface area contributed by atoms with Gasteiger partial charge in [-0.25, -0.2) is 12.8 Å². The summed E-state index contributed by atoms with van der Waals surface area (Å²) in [5.41, 5.74) is -3.78. The molecule has 0 amide bonds. The SMILES string of the molecule is O=S1(=O)C2CCCC1CC(O)(c1cccc(C(F)(F)F)c1F)C2. The summed E-state index contributed by atoms with van der Waals surface area (Å²) in [5.74, 6) is -1.51. The molecule has 8 heteroatoms. The molecule has 2 aliphatic heterocycles. The zero-order valence-corrected chi connectivity index (χ0v) is 12.9. The highest BCUT2D eigenvalue weighted by molar-refractivity contribution is 7.92. The van der Waals surface area contributed by atoms with Crippen LogP contribution in [0.15, 0.2) is 18.2 Å². The molecule has 2 unspecified atom stereocenters. The molecule has 0 aliphatic carbocycles. The Balaban J connectivity index is 2.06. The highest BCUT2D eigenvalue weighted by Gasteiger charge is 2.52. The molecule has 2 fully saturated rings. The number of halogens is 4. The van der Waals surface area contributed by atoms with Gasteiger partial charge >= 0.3 is 6.18 Å². The summed E-state index contributed by atoms with van der Waals surface area (Å²) < 4.78 is 77.4. The van der Waals surface area contributed by atoms with Crippen molar-refractivity contribution in [1.82, 2.24) is 0 Å². The number of sulfone groups is 1. The maximum absolute atomic E-state index is 14.3. The topological polar surface area (TPSA) is 54.4 Å². The highest BCUT2D eigenvalue weighted by Crippen LogP contribution is 2.47. The van der Waals surface area contributed by atoms with Crippen LogP contribution in [0.1, 0.15) is 43.2 Å². The van der Waals surface area contributed by atoms with Crippen molar-refractivity contribution >= 4 is 9.84 Å². The maximum atomic E-state index is 14.3. The van der Waals surface area contributed by atoms with Gasteiger partial charge in [0.1, 0.15) is 5.82 Å². The third kappa shape index (κ3) is 2.65. The normalized spacial score (nSPS) is 33.4. The van der Waals surface area contributed by atoms with Gasteiger partial charge in [0.25, 0.3) is 0 Å². The molecule has 3 rings (SSSR count). The number of fused-ring (bicyclic) bond motifs is 2. The summed E-state index contributed by atoms with van der Waals surface area (Å²) in [6.45, 7) is 0. The zero-order valence-electron chi connectivity index (χ0n) is 12.1. The summed E-state index contributed by atoms with van der Waals surface area (Å²) in [7, 11) is -3.40. The molecule has 0 radical (unpaired) electrons. The van der Waals surface area contributed by atoms with E-state index >= 15 is 0 Å². The first-order chi connectivity index (χ1) is 10.6. The number of hydrogen-bond acceptors (Lipinski definition) is 3. The largest absolute Gasteiger partial charge is 0.419 e. The second-order valence-corrected chi connectivity index (χ2v) is 8.88. The average molecular weight is 352 g/mol. The summed E-state index contributed by atoms with van der Waals surface area (Å²) in [6.07, 6.45) is -4.00. The second-order valence-electron chi connectivity index (χ2n) is 6.37. The average Bonchev–Trinajstić information content (AvgIpc) is 2.39. The van der Waals surface area contributed by atoms with E-state index in [0.717, 1.165) is 12.1 Å². The van der Waals surface area contributed by atoms with E-state index in [2.05, 4.69) is 0 Å². The van der Waals surface area contributed by atoms with Gasteiger partial charge in [-0.15, -0.1) is 0 Å². The molecule has 0 saturated carbocycles. The fraction of sp³-hybridized carbons (Fsp3) is 0.600. The lowest BCUT2D eigenvalue weighted by Crippen LogP contribution is -2.50. The maximum Gasteiger partial charge on any atom is 0.419 e. The van der Waals surface area contributed by atoms with Crippen LogP contribution in [0.5, 0.6) is 0 Å². The molecule has 2 bridgehead atoms. The standard InChI is InChI=1S/C15H16F4O3S/c16-13-11(5-2-6-12(13)15(17,18)19)14(20)7-9-3-1-4-10(8-14)23(9,21)22/h2,5-6,9-10,20H,1,3-4,7-8H2. The lowest BCUT2D eigenvalue weighted by molar-refractivity contribution is -0.140. The van der Waals surface area contributed by atoms with Gasteiger partial charge in [-0.05, 0) is 31.7 Å². The molecule has 0 aromatic heterocycles. The Bertz CT molecular complexity index is 707. The summed E-state index contributed by atoms with van der Waals surface area (Å²) in [4.78, 5) is 0. The quantitative estimate of drug-likeness (QED) is 0.790. The van der Waals surface area contributed by atoms with Crippen LogP contribution in [-0.2, 0) is 21.6 Å². The van der Waals surface area contributed by atoms with E-state index in [0.29, 0.717) is 25.3 Å². The van der Waals surface area contributed by atoms with Gasteiger partial charge in [0.05, 0.1) is 21.7 Å². The Labute approximate surface area is 131 Å². The van der Waals surface area contributed by atoms with E-state index in [1.807, 2.05) is 0 Å². The Morgan fingerprint density at radius 2 is 1.70 bits per heavy atom. The van der Waals surface area contributed by atoms with E-state index in [4.69, 9.17) is 0 Å². The molecule has 2 atom stereocenters. The van der Waals surface area contributed by atoms with E-state index in [-0.39, 0.29) is 12.8 Å². The summed E-state index contributed by atoms with van der Waals surface area (Å²) >= 11 is 0. The smallest absolute Gasteiger partial charge is 0.385 e. The summed E-state index contributed by atoms with van der Waals surface area (Å²) in [6, 6.07) is 2.76. The van der Waals surface area contributed by atoms with Crippen molar-refractivity contribution in [2.45, 2.75) is 54.4 Å². The molecule has 1 aromatic rings. The van der Waals surface area contributed by atoms with Crippen LogP contribution in [0.4, 0.5) is 17.6 Å². The van der Waals surface area contributed by atoms with Gasteiger partial charge in [-0.1, -0.05) is 18.6 Å². The second kappa shape index (κ2) is 5.17. The van der Waals surface area contributed by atoms with Crippen LogP contribution < -0.4 is 0 Å². The van der Waals surface area contributed by atoms with E-state index < -0.39 is 49.1 Å². The van der Waals surface area contributed by atoms with Gasteiger partial charge in [0, 0.05) is 5.56 Å². The molecule has 0 spiro atoms.